The standard InChI is InChI=1S/C14H24ClF3N2/c15-11-4-1-9(2-5-11)8-20-13-6-3-10(7-12(13)19)14(16,17)18/h9-13,20H,1-8,19H2. The summed E-state index contributed by atoms with van der Waals surface area (Å²) in [7, 11) is 0. The van der Waals surface area contributed by atoms with Crippen LogP contribution in [-0.4, -0.2) is 30.2 Å². The van der Waals surface area contributed by atoms with Crippen LogP contribution in [0.5, 0.6) is 0 Å². The predicted octanol–water partition coefficient (Wildman–Crippen LogP) is 3.43. The first-order valence-electron chi connectivity index (χ1n) is 7.56. The van der Waals surface area contributed by atoms with E-state index in [1.165, 1.54) is 0 Å². The molecule has 2 nitrogen and oxygen atoms in total. The molecular weight excluding hydrogens is 289 g/mol. The minimum absolute atomic E-state index is 0.0299. The van der Waals surface area contributed by atoms with Crippen LogP contribution in [0.3, 0.4) is 0 Å². The third-order valence-corrected chi connectivity index (χ3v) is 5.24. The molecule has 0 aliphatic heterocycles. The van der Waals surface area contributed by atoms with E-state index in [9.17, 15) is 13.2 Å². The second kappa shape index (κ2) is 6.84. The van der Waals surface area contributed by atoms with Gasteiger partial charge in [0.2, 0.25) is 0 Å². The molecule has 3 N–H and O–H groups in total. The first-order valence-corrected chi connectivity index (χ1v) is 7.99. The lowest BCUT2D eigenvalue weighted by molar-refractivity contribution is -0.184. The maximum atomic E-state index is 12.7. The molecular formula is C14H24ClF3N2. The fourth-order valence-electron chi connectivity index (χ4n) is 3.40. The zero-order chi connectivity index (χ0) is 14.8. The minimum Gasteiger partial charge on any atom is -0.326 e. The van der Waals surface area contributed by atoms with E-state index in [1.54, 1.807) is 0 Å². The van der Waals surface area contributed by atoms with Crippen molar-refractivity contribution in [2.45, 2.75) is 68.6 Å². The maximum Gasteiger partial charge on any atom is 0.391 e. The Morgan fingerprint density at radius 3 is 2.25 bits per heavy atom. The van der Waals surface area contributed by atoms with Gasteiger partial charge in [-0.25, -0.2) is 0 Å². The van der Waals surface area contributed by atoms with Gasteiger partial charge in [0.1, 0.15) is 0 Å². The second-order valence-corrected chi connectivity index (χ2v) is 6.97. The van der Waals surface area contributed by atoms with E-state index in [2.05, 4.69) is 5.32 Å². The molecule has 0 bridgehead atoms. The van der Waals surface area contributed by atoms with E-state index in [0.717, 1.165) is 32.2 Å². The van der Waals surface area contributed by atoms with Gasteiger partial charge in [-0.15, -0.1) is 11.6 Å². The van der Waals surface area contributed by atoms with Crippen LogP contribution < -0.4 is 11.1 Å². The lowest BCUT2D eigenvalue weighted by Gasteiger charge is -2.36. The van der Waals surface area contributed by atoms with Crippen molar-refractivity contribution in [1.82, 2.24) is 5.32 Å². The predicted molar refractivity (Wildman–Crippen MR) is 74.8 cm³/mol. The molecule has 0 saturated heterocycles. The second-order valence-electron chi connectivity index (χ2n) is 6.35. The highest BCUT2D eigenvalue weighted by Gasteiger charge is 2.43. The van der Waals surface area contributed by atoms with Gasteiger partial charge in [0.25, 0.3) is 0 Å². The zero-order valence-corrected chi connectivity index (χ0v) is 12.4. The van der Waals surface area contributed by atoms with Crippen molar-refractivity contribution in [1.29, 1.82) is 0 Å². The summed E-state index contributed by atoms with van der Waals surface area (Å²) in [5.41, 5.74) is 5.92. The van der Waals surface area contributed by atoms with Gasteiger partial charge in [-0.2, -0.15) is 13.2 Å². The van der Waals surface area contributed by atoms with Crippen LogP contribution in [0.4, 0.5) is 13.2 Å². The van der Waals surface area contributed by atoms with Crippen LogP contribution in [0, 0.1) is 11.8 Å². The maximum absolute atomic E-state index is 12.7. The summed E-state index contributed by atoms with van der Waals surface area (Å²) in [6.45, 7) is 0.860. The number of nitrogens with two attached hydrogens (primary N) is 1. The Labute approximate surface area is 123 Å². The van der Waals surface area contributed by atoms with E-state index < -0.39 is 12.1 Å². The summed E-state index contributed by atoms with van der Waals surface area (Å²) in [5, 5.41) is 3.69. The summed E-state index contributed by atoms with van der Waals surface area (Å²) in [5.74, 6) is -0.625. The number of rotatable bonds is 3. The van der Waals surface area contributed by atoms with Gasteiger partial charge in [-0.05, 0) is 57.4 Å². The van der Waals surface area contributed by atoms with Crippen molar-refractivity contribution in [3.8, 4) is 0 Å². The zero-order valence-electron chi connectivity index (χ0n) is 11.6. The van der Waals surface area contributed by atoms with Crippen LogP contribution in [-0.2, 0) is 0 Å². The Hall–Kier alpha value is 0. The average molecular weight is 313 g/mol. The number of hydrogen-bond donors (Lipinski definition) is 2. The molecule has 0 amide bonds. The monoisotopic (exact) mass is 312 g/mol. The van der Waals surface area contributed by atoms with Crippen LogP contribution in [0.15, 0.2) is 0 Å². The van der Waals surface area contributed by atoms with Crippen molar-refractivity contribution in [3.05, 3.63) is 0 Å². The molecule has 0 spiro atoms. The number of halogens is 4. The van der Waals surface area contributed by atoms with Crippen molar-refractivity contribution in [3.63, 3.8) is 0 Å². The molecule has 2 fully saturated rings. The molecule has 3 unspecified atom stereocenters. The number of nitrogens with one attached hydrogen (secondary N) is 1. The molecule has 0 heterocycles. The lowest BCUT2D eigenvalue weighted by Crippen LogP contribution is -2.52. The Morgan fingerprint density at radius 2 is 1.70 bits per heavy atom. The molecule has 0 aromatic carbocycles. The summed E-state index contributed by atoms with van der Waals surface area (Å²) in [6, 6.07) is -0.359. The van der Waals surface area contributed by atoms with E-state index >= 15 is 0 Å². The van der Waals surface area contributed by atoms with Gasteiger partial charge in [-0.3, -0.25) is 0 Å². The quantitative estimate of drug-likeness (QED) is 0.784. The molecule has 0 aromatic rings. The van der Waals surface area contributed by atoms with Crippen LogP contribution >= 0.6 is 11.6 Å². The Bertz CT molecular complexity index is 303. The van der Waals surface area contributed by atoms with Crippen LogP contribution in [0.2, 0.25) is 0 Å². The van der Waals surface area contributed by atoms with Gasteiger partial charge in [-0.1, -0.05) is 0 Å². The molecule has 2 rings (SSSR count). The fraction of sp³-hybridized carbons (Fsp3) is 1.00. The van der Waals surface area contributed by atoms with E-state index in [4.69, 9.17) is 17.3 Å². The van der Waals surface area contributed by atoms with E-state index in [0.29, 0.717) is 17.7 Å². The molecule has 2 saturated carbocycles. The van der Waals surface area contributed by atoms with Gasteiger partial charge in [0.15, 0.2) is 0 Å². The third kappa shape index (κ3) is 4.50. The summed E-state index contributed by atoms with van der Waals surface area (Å²) >= 11 is 6.07. The van der Waals surface area contributed by atoms with Crippen LogP contribution in [0.1, 0.15) is 44.9 Å². The Balaban J connectivity index is 1.72. The molecule has 118 valence electrons. The van der Waals surface area contributed by atoms with Gasteiger partial charge in [0.05, 0.1) is 5.92 Å². The highest BCUT2D eigenvalue weighted by molar-refractivity contribution is 6.20. The van der Waals surface area contributed by atoms with Crippen molar-refractivity contribution >= 4 is 11.6 Å². The smallest absolute Gasteiger partial charge is 0.326 e. The normalized spacial score (nSPS) is 39.8. The van der Waals surface area contributed by atoms with Crippen molar-refractivity contribution < 1.29 is 13.2 Å². The van der Waals surface area contributed by atoms with Crippen LogP contribution in [0.25, 0.3) is 0 Å². The Morgan fingerprint density at radius 1 is 1.05 bits per heavy atom. The first-order chi connectivity index (χ1) is 9.36. The fourth-order valence-corrected chi connectivity index (χ4v) is 3.65. The summed E-state index contributed by atoms with van der Waals surface area (Å²) in [6.07, 6.45) is 0.973. The first kappa shape index (κ1) is 16.4. The van der Waals surface area contributed by atoms with Gasteiger partial charge >= 0.3 is 6.18 Å². The topological polar surface area (TPSA) is 38.0 Å². The van der Waals surface area contributed by atoms with Crippen molar-refractivity contribution in [2.24, 2.45) is 17.6 Å². The highest BCUT2D eigenvalue weighted by Crippen LogP contribution is 2.37. The van der Waals surface area contributed by atoms with Gasteiger partial charge in [0, 0.05) is 17.5 Å². The minimum atomic E-state index is -4.10. The summed E-state index contributed by atoms with van der Waals surface area (Å²) < 4.78 is 38.0. The molecule has 6 heteroatoms. The SMILES string of the molecule is NC1CC(C(F)(F)F)CCC1NCC1CCC(Cl)CC1. The number of hydrogen-bond acceptors (Lipinski definition) is 2. The molecule has 20 heavy (non-hydrogen) atoms. The third-order valence-electron chi connectivity index (χ3n) is 4.81. The highest BCUT2D eigenvalue weighted by atomic mass is 35.5. The average Bonchev–Trinajstić information content (AvgIpc) is 2.38. The number of alkyl halides is 4. The molecule has 2 aliphatic carbocycles. The van der Waals surface area contributed by atoms with Gasteiger partial charge < -0.3 is 11.1 Å². The Kier molecular flexibility index (Phi) is 5.60. The van der Waals surface area contributed by atoms with E-state index in [-0.39, 0.29) is 24.9 Å². The molecule has 2 aliphatic rings. The molecule has 0 aromatic heterocycles. The molecule has 0 radical (unpaired) electrons. The van der Waals surface area contributed by atoms with E-state index in [1.807, 2.05) is 0 Å². The largest absolute Gasteiger partial charge is 0.391 e. The lowest BCUT2D eigenvalue weighted by atomic mass is 9.81. The molecule has 3 atom stereocenters. The van der Waals surface area contributed by atoms with Crippen molar-refractivity contribution in [2.75, 3.05) is 6.54 Å². The summed E-state index contributed by atoms with van der Waals surface area (Å²) in [4.78, 5) is 0.